The molecule has 216 valence electrons. The Labute approximate surface area is 234 Å². The second-order valence-corrected chi connectivity index (χ2v) is 15.0. The maximum atomic E-state index is 6.33. The van der Waals surface area contributed by atoms with Crippen LogP contribution in [0.2, 0.25) is 0 Å². The zero-order valence-electron chi connectivity index (χ0n) is 25.9. The number of hydrogen-bond acceptors (Lipinski definition) is 5. The standard InChI is InChI=1S/C33H59N5/c1-8-32-18-17-27-25(28(32)16-15-26(32)23(5)12-10-11-22(3)4)14-13-24-21-33(20-19-31(24,27)6)36-29(34)35-30(37-33)38(7)9-2/h22-28H,8-21H2,1-7H3,(H3,34,35,36,37)/t23?,24?,25?,26?,27?,28?,31-,32?,33?/m0/s1. The monoisotopic (exact) mass is 525 g/mol. The summed E-state index contributed by atoms with van der Waals surface area (Å²) in [5.74, 6) is 7.67. The summed E-state index contributed by atoms with van der Waals surface area (Å²) in [6, 6.07) is 0. The van der Waals surface area contributed by atoms with Crippen molar-refractivity contribution < 1.29 is 0 Å². The number of nitrogens with zero attached hydrogens (tertiary/aromatic N) is 3. The second kappa shape index (κ2) is 10.6. The SMILES string of the molecule is CCN(C)C1=NC2(CC[C@@]3(C)C(CCC4C5CCC(C(C)CCCC(C)C)C5(CC)CCC43)C2)N=C(N)N1. The van der Waals surface area contributed by atoms with Crippen molar-refractivity contribution in [3.63, 3.8) is 0 Å². The molecule has 5 rings (SSSR count). The van der Waals surface area contributed by atoms with Gasteiger partial charge in [0.05, 0.1) is 0 Å². The number of aliphatic imine (C=N–C) groups is 2. The summed E-state index contributed by atoms with van der Waals surface area (Å²) in [5, 5.41) is 3.24. The molecule has 38 heavy (non-hydrogen) atoms. The van der Waals surface area contributed by atoms with Gasteiger partial charge in [-0.1, -0.05) is 53.9 Å². The minimum Gasteiger partial charge on any atom is -0.370 e. The largest absolute Gasteiger partial charge is 0.370 e. The topological polar surface area (TPSA) is 66.0 Å². The number of nitrogens with one attached hydrogen (secondary N) is 1. The van der Waals surface area contributed by atoms with Gasteiger partial charge in [-0.25, -0.2) is 9.98 Å². The van der Waals surface area contributed by atoms with Gasteiger partial charge in [-0.05, 0) is 123 Å². The van der Waals surface area contributed by atoms with Crippen LogP contribution in [0.1, 0.15) is 125 Å². The fraction of sp³-hybridized carbons (Fsp3) is 0.939. The Balaban J connectivity index is 1.32. The van der Waals surface area contributed by atoms with Gasteiger partial charge in [-0.2, -0.15) is 0 Å². The van der Waals surface area contributed by atoms with Crippen molar-refractivity contribution in [2.75, 3.05) is 13.6 Å². The maximum absolute atomic E-state index is 6.33. The first kappa shape index (κ1) is 28.3. The summed E-state index contributed by atoms with van der Waals surface area (Å²) in [6.45, 7) is 15.7. The van der Waals surface area contributed by atoms with Gasteiger partial charge in [-0.3, -0.25) is 5.32 Å². The Morgan fingerprint density at radius 3 is 2.47 bits per heavy atom. The van der Waals surface area contributed by atoms with Gasteiger partial charge in [0.1, 0.15) is 0 Å². The fourth-order valence-electron chi connectivity index (χ4n) is 10.8. The summed E-state index contributed by atoms with van der Waals surface area (Å²) in [4.78, 5) is 12.4. The third-order valence-electron chi connectivity index (χ3n) is 13.0. The molecule has 1 heterocycles. The Hall–Kier alpha value is -1.26. The lowest BCUT2D eigenvalue weighted by Crippen LogP contribution is -2.58. The zero-order valence-corrected chi connectivity index (χ0v) is 25.9. The quantitative estimate of drug-likeness (QED) is 0.363. The van der Waals surface area contributed by atoms with E-state index in [1.807, 2.05) is 0 Å². The minimum atomic E-state index is -0.350. The number of fused-ring (bicyclic) bond motifs is 5. The first-order chi connectivity index (χ1) is 18.1. The third-order valence-corrected chi connectivity index (χ3v) is 13.0. The fourth-order valence-corrected chi connectivity index (χ4v) is 10.8. The molecule has 8 unspecified atom stereocenters. The average Bonchev–Trinajstić information content (AvgIpc) is 3.28. The van der Waals surface area contributed by atoms with Crippen molar-refractivity contribution in [1.29, 1.82) is 0 Å². The van der Waals surface area contributed by atoms with Crippen LogP contribution in [-0.2, 0) is 0 Å². The molecule has 0 radical (unpaired) electrons. The summed E-state index contributed by atoms with van der Waals surface area (Å²) >= 11 is 0. The molecule has 0 aromatic heterocycles. The van der Waals surface area contributed by atoms with Crippen molar-refractivity contribution in [3.8, 4) is 0 Å². The molecule has 3 N–H and O–H groups in total. The highest BCUT2D eigenvalue weighted by atomic mass is 15.4. The second-order valence-electron chi connectivity index (χ2n) is 15.0. The summed E-state index contributed by atoms with van der Waals surface area (Å²) in [7, 11) is 2.10. The van der Waals surface area contributed by atoms with E-state index in [0.717, 1.165) is 60.9 Å². The Morgan fingerprint density at radius 1 is 0.974 bits per heavy atom. The normalized spacial score (nSPS) is 43.0. The molecule has 4 fully saturated rings. The van der Waals surface area contributed by atoms with Crippen molar-refractivity contribution >= 4 is 11.9 Å². The highest BCUT2D eigenvalue weighted by molar-refractivity contribution is 5.99. The molecule has 9 atom stereocenters. The molecule has 0 bridgehead atoms. The highest BCUT2D eigenvalue weighted by Gasteiger charge is 2.62. The average molecular weight is 526 g/mol. The number of nitrogens with two attached hydrogens (primary N) is 1. The summed E-state index contributed by atoms with van der Waals surface area (Å²) in [6.07, 6.45) is 17.8. The minimum absolute atomic E-state index is 0.350. The van der Waals surface area contributed by atoms with Gasteiger partial charge in [0, 0.05) is 13.6 Å². The van der Waals surface area contributed by atoms with E-state index in [4.69, 9.17) is 15.7 Å². The van der Waals surface area contributed by atoms with E-state index < -0.39 is 0 Å². The van der Waals surface area contributed by atoms with Crippen LogP contribution in [0.25, 0.3) is 0 Å². The molecule has 1 aliphatic heterocycles. The molecule has 5 aliphatic rings. The van der Waals surface area contributed by atoms with E-state index in [-0.39, 0.29) is 5.66 Å². The van der Waals surface area contributed by atoms with Crippen LogP contribution in [0.3, 0.4) is 0 Å². The molecule has 0 aromatic carbocycles. The third kappa shape index (κ3) is 4.70. The van der Waals surface area contributed by atoms with E-state index in [9.17, 15) is 0 Å². The van der Waals surface area contributed by atoms with Crippen LogP contribution in [0.4, 0.5) is 0 Å². The molecule has 0 amide bonds. The lowest BCUT2D eigenvalue weighted by atomic mass is 9.43. The lowest BCUT2D eigenvalue weighted by Gasteiger charge is -2.62. The van der Waals surface area contributed by atoms with E-state index >= 15 is 0 Å². The molecular weight excluding hydrogens is 466 g/mol. The van der Waals surface area contributed by atoms with Crippen LogP contribution in [-0.4, -0.2) is 36.1 Å². The molecule has 4 aliphatic carbocycles. The molecule has 4 saturated carbocycles. The number of rotatable bonds is 7. The molecule has 5 nitrogen and oxygen atoms in total. The van der Waals surface area contributed by atoms with Gasteiger partial charge in [-0.15, -0.1) is 0 Å². The smallest absolute Gasteiger partial charge is 0.202 e. The van der Waals surface area contributed by atoms with E-state index in [1.165, 1.54) is 70.6 Å². The Kier molecular flexibility index (Phi) is 7.90. The first-order valence-electron chi connectivity index (χ1n) is 16.5. The maximum Gasteiger partial charge on any atom is 0.202 e. The van der Waals surface area contributed by atoms with Gasteiger partial charge >= 0.3 is 0 Å². The van der Waals surface area contributed by atoms with Crippen molar-refractivity contribution in [2.24, 2.45) is 68.0 Å². The molecule has 5 heteroatoms. The highest BCUT2D eigenvalue weighted by Crippen LogP contribution is 2.70. The molecular formula is C33H59N5. The molecule has 1 spiro atoms. The van der Waals surface area contributed by atoms with E-state index in [2.05, 4.69) is 58.8 Å². The predicted octanol–water partition coefficient (Wildman–Crippen LogP) is 7.42. The Bertz CT molecular complexity index is 911. The van der Waals surface area contributed by atoms with Crippen molar-refractivity contribution in [3.05, 3.63) is 0 Å². The summed E-state index contributed by atoms with van der Waals surface area (Å²) in [5.41, 5.74) is 7.04. The molecule has 0 saturated heterocycles. The van der Waals surface area contributed by atoms with Crippen LogP contribution < -0.4 is 11.1 Å². The van der Waals surface area contributed by atoms with Crippen molar-refractivity contribution in [2.45, 2.75) is 131 Å². The lowest BCUT2D eigenvalue weighted by molar-refractivity contribution is -0.129. The van der Waals surface area contributed by atoms with Crippen LogP contribution >= 0.6 is 0 Å². The first-order valence-corrected chi connectivity index (χ1v) is 16.5. The van der Waals surface area contributed by atoms with Gasteiger partial charge in [0.2, 0.25) is 5.96 Å². The predicted molar refractivity (Wildman–Crippen MR) is 161 cm³/mol. The van der Waals surface area contributed by atoms with Gasteiger partial charge < -0.3 is 10.6 Å². The summed E-state index contributed by atoms with van der Waals surface area (Å²) < 4.78 is 0. The number of guanidine groups is 2. The van der Waals surface area contributed by atoms with Gasteiger partial charge in [0.25, 0.3) is 0 Å². The molecule has 0 aromatic rings. The van der Waals surface area contributed by atoms with Crippen molar-refractivity contribution in [1.82, 2.24) is 10.2 Å². The number of hydrogen-bond donors (Lipinski definition) is 2. The Morgan fingerprint density at radius 2 is 1.76 bits per heavy atom. The van der Waals surface area contributed by atoms with Gasteiger partial charge in [0.15, 0.2) is 11.6 Å². The van der Waals surface area contributed by atoms with Crippen LogP contribution in [0.15, 0.2) is 9.98 Å². The zero-order chi connectivity index (χ0) is 27.3. The van der Waals surface area contributed by atoms with E-state index in [1.54, 1.807) is 0 Å². The van der Waals surface area contributed by atoms with Crippen LogP contribution in [0.5, 0.6) is 0 Å². The van der Waals surface area contributed by atoms with Crippen LogP contribution in [0, 0.1) is 52.3 Å². The van der Waals surface area contributed by atoms with E-state index in [0.29, 0.717) is 22.7 Å².